The third-order valence-corrected chi connectivity index (χ3v) is 5.62. The number of benzene rings is 1. The number of amides is 3. The highest BCUT2D eigenvalue weighted by molar-refractivity contribution is 5.89. The smallest absolute Gasteiger partial charge is 0.319 e. The normalized spacial score (nSPS) is 23.9. The van der Waals surface area contributed by atoms with E-state index in [-0.39, 0.29) is 18.0 Å². The average Bonchev–Trinajstić information content (AvgIpc) is 3.27. The minimum Gasteiger partial charge on any atom is -0.467 e. The van der Waals surface area contributed by atoms with Crippen LogP contribution in [0.5, 0.6) is 0 Å². The van der Waals surface area contributed by atoms with Crippen molar-refractivity contribution in [1.82, 2.24) is 15.5 Å². The Hall–Kier alpha value is -2.80. The predicted octanol–water partition coefficient (Wildman–Crippen LogP) is 2.71. The maximum Gasteiger partial charge on any atom is 0.319 e. The summed E-state index contributed by atoms with van der Waals surface area (Å²) in [6.07, 6.45) is 5.52. The molecule has 3 N–H and O–H groups in total. The number of hydrogen-bond acceptors (Lipinski definition) is 4. The van der Waals surface area contributed by atoms with Crippen molar-refractivity contribution in [3.8, 4) is 0 Å². The number of fused-ring (bicyclic) bond motifs is 2. The van der Waals surface area contributed by atoms with Crippen LogP contribution in [-0.2, 0) is 11.3 Å². The van der Waals surface area contributed by atoms with Gasteiger partial charge < -0.3 is 20.4 Å². The second kappa shape index (κ2) is 8.48. The maximum atomic E-state index is 12.3. The summed E-state index contributed by atoms with van der Waals surface area (Å²) in [6, 6.07) is 13.8. The van der Waals surface area contributed by atoms with Gasteiger partial charge in [-0.05, 0) is 49.9 Å². The van der Waals surface area contributed by atoms with Crippen LogP contribution in [0.1, 0.15) is 31.4 Å². The Balaban J connectivity index is 1.24. The zero-order chi connectivity index (χ0) is 19.3. The van der Waals surface area contributed by atoms with Gasteiger partial charge in [-0.15, -0.1) is 0 Å². The zero-order valence-corrected chi connectivity index (χ0v) is 15.8. The number of para-hydroxylation sites is 1. The fourth-order valence-electron chi connectivity index (χ4n) is 4.34. The van der Waals surface area contributed by atoms with Crippen molar-refractivity contribution in [2.24, 2.45) is 0 Å². The predicted molar refractivity (Wildman–Crippen MR) is 106 cm³/mol. The number of anilines is 1. The topological polar surface area (TPSA) is 86.6 Å². The van der Waals surface area contributed by atoms with Crippen LogP contribution >= 0.6 is 0 Å². The van der Waals surface area contributed by atoms with Gasteiger partial charge in [-0.2, -0.15) is 0 Å². The molecule has 3 amide bonds. The van der Waals surface area contributed by atoms with Crippen LogP contribution in [0, 0.1) is 0 Å². The van der Waals surface area contributed by atoms with E-state index >= 15 is 0 Å². The first-order chi connectivity index (χ1) is 13.7. The van der Waals surface area contributed by atoms with Gasteiger partial charge in [0, 0.05) is 23.8 Å². The van der Waals surface area contributed by atoms with Gasteiger partial charge >= 0.3 is 6.03 Å². The molecule has 2 aliphatic heterocycles. The molecule has 28 heavy (non-hydrogen) atoms. The van der Waals surface area contributed by atoms with Gasteiger partial charge in [-0.1, -0.05) is 18.2 Å². The third-order valence-electron chi connectivity index (χ3n) is 5.62. The van der Waals surface area contributed by atoms with E-state index in [4.69, 9.17) is 4.42 Å². The minimum atomic E-state index is -0.166. The molecule has 2 bridgehead atoms. The summed E-state index contributed by atoms with van der Waals surface area (Å²) in [5.41, 5.74) is 0.786. The van der Waals surface area contributed by atoms with Crippen molar-refractivity contribution in [3.05, 3.63) is 54.5 Å². The third kappa shape index (κ3) is 4.54. The first-order valence-corrected chi connectivity index (χ1v) is 9.85. The summed E-state index contributed by atoms with van der Waals surface area (Å²) >= 11 is 0. The van der Waals surface area contributed by atoms with Gasteiger partial charge in [-0.25, -0.2) is 4.79 Å². The number of carbonyl (C=O) groups is 2. The molecule has 0 radical (unpaired) electrons. The molecular formula is C21H26N4O3. The highest BCUT2D eigenvalue weighted by atomic mass is 16.3. The summed E-state index contributed by atoms with van der Waals surface area (Å²) in [7, 11) is 0. The van der Waals surface area contributed by atoms with Gasteiger partial charge in [0.1, 0.15) is 5.76 Å². The number of furan rings is 1. The Morgan fingerprint density at radius 2 is 1.79 bits per heavy atom. The summed E-state index contributed by atoms with van der Waals surface area (Å²) < 4.78 is 5.25. The first kappa shape index (κ1) is 18.6. The second-order valence-corrected chi connectivity index (χ2v) is 7.55. The highest BCUT2D eigenvalue weighted by Crippen LogP contribution is 2.35. The van der Waals surface area contributed by atoms with Crippen LogP contribution in [0.4, 0.5) is 10.5 Å². The first-order valence-electron chi connectivity index (χ1n) is 9.85. The number of nitrogens with zero attached hydrogens (tertiary/aromatic N) is 1. The lowest BCUT2D eigenvalue weighted by atomic mass is 9.97. The van der Waals surface area contributed by atoms with Crippen molar-refractivity contribution in [2.75, 3.05) is 11.9 Å². The zero-order valence-electron chi connectivity index (χ0n) is 15.8. The monoisotopic (exact) mass is 382 g/mol. The standard InChI is InChI=1S/C21H26N4O3/c26-20(22-13-19-7-4-10-28-19)14-25-17-8-9-18(25)12-16(11-17)24-21(27)23-15-5-2-1-3-6-15/h1-7,10,16-18H,8-9,11-14H2,(H,22,26)(H2,23,24,27)/t17-,18-/m1/s1. The summed E-state index contributed by atoms with van der Waals surface area (Å²) in [4.78, 5) is 26.9. The van der Waals surface area contributed by atoms with Crippen molar-refractivity contribution >= 4 is 17.6 Å². The van der Waals surface area contributed by atoms with Crippen molar-refractivity contribution in [1.29, 1.82) is 0 Å². The van der Waals surface area contributed by atoms with E-state index in [9.17, 15) is 9.59 Å². The van der Waals surface area contributed by atoms with E-state index in [1.165, 1.54) is 0 Å². The highest BCUT2D eigenvalue weighted by Gasteiger charge is 2.41. The van der Waals surface area contributed by atoms with Crippen LogP contribution in [0.15, 0.2) is 53.1 Å². The van der Waals surface area contributed by atoms with Gasteiger partial charge in [0.2, 0.25) is 5.91 Å². The average molecular weight is 382 g/mol. The number of carbonyl (C=O) groups excluding carboxylic acids is 2. The molecule has 3 heterocycles. The molecule has 2 aromatic rings. The molecule has 148 valence electrons. The maximum absolute atomic E-state index is 12.3. The van der Waals surface area contributed by atoms with E-state index in [0.29, 0.717) is 25.2 Å². The van der Waals surface area contributed by atoms with Gasteiger partial charge in [0.15, 0.2) is 0 Å². The number of piperidine rings is 1. The fraction of sp³-hybridized carbons (Fsp3) is 0.429. The molecule has 4 rings (SSSR count). The van der Waals surface area contributed by atoms with Crippen LogP contribution < -0.4 is 16.0 Å². The molecule has 0 aliphatic carbocycles. The lowest BCUT2D eigenvalue weighted by molar-refractivity contribution is -0.123. The van der Waals surface area contributed by atoms with Crippen molar-refractivity contribution < 1.29 is 14.0 Å². The molecule has 2 fully saturated rings. The molecule has 0 saturated carbocycles. The Morgan fingerprint density at radius 3 is 2.46 bits per heavy atom. The summed E-state index contributed by atoms with van der Waals surface area (Å²) in [6.45, 7) is 0.817. The molecular weight excluding hydrogens is 356 g/mol. The van der Waals surface area contributed by atoms with Crippen LogP contribution in [0.2, 0.25) is 0 Å². The number of hydrogen-bond donors (Lipinski definition) is 3. The molecule has 0 spiro atoms. The Morgan fingerprint density at radius 1 is 1.04 bits per heavy atom. The van der Waals surface area contributed by atoms with E-state index in [0.717, 1.165) is 37.1 Å². The summed E-state index contributed by atoms with van der Waals surface area (Å²) in [5.74, 6) is 0.769. The largest absolute Gasteiger partial charge is 0.467 e. The Kier molecular flexibility index (Phi) is 5.62. The van der Waals surface area contributed by atoms with Crippen LogP contribution in [0.3, 0.4) is 0 Å². The van der Waals surface area contributed by atoms with E-state index < -0.39 is 0 Å². The molecule has 2 atom stereocenters. The minimum absolute atomic E-state index is 0.0153. The van der Waals surface area contributed by atoms with Gasteiger partial charge in [0.25, 0.3) is 0 Å². The van der Waals surface area contributed by atoms with Crippen molar-refractivity contribution in [2.45, 2.75) is 50.4 Å². The van der Waals surface area contributed by atoms with E-state index in [1.807, 2.05) is 42.5 Å². The molecule has 2 saturated heterocycles. The lowest BCUT2D eigenvalue weighted by Gasteiger charge is -2.38. The molecule has 1 aromatic carbocycles. The molecule has 2 aliphatic rings. The Bertz CT molecular complexity index is 779. The fourth-order valence-corrected chi connectivity index (χ4v) is 4.34. The number of rotatable bonds is 6. The molecule has 0 unspecified atom stereocenters. The van der Waals surface area contributed by atoms with Crippen LogP contribution in [-0.4, -0.2) is 41.5 Å². The number of urea groups is 1. The molecule has 1 aromatic heterocycles. The number of nitrogens with one attached hydrogen (secondary N) is 3. The van der Waals surface area contributed by atoms with E-state index in [1.54, 1.807) is 6.26 Å². The van der Waals surface area contributed by atoms with Crippen LogP contribution in [0.25, 0.3) is 0 Å². The summed E-state index contributed by atoms with van der Waals surface area (Å²) in [5, 5.41) is 8.89. The SMILES string of the molecule is O=C(CN1[C@@H]2CC[C@@H]1CC(NC(=O)Nc1ccccc1)C2)NCc1ccco1. The molecule has 7 nitrogen and oxygen atoms in total. The van der Waals surface area contributed by atoms with Gasteiger partial charge in [-0.3, -0.25) is 9.69 Å². The van der Waals surface area contributed by atoms with Crippen molar-refractivity contribution in [3.63, 3.8) is 0 Å². The Labute approximate surface area is 164 Å². The quantitative estimate of drug-likeness (QED) is 0.717. The second-order valence-electron chi connectivity index (χ2n) is 7.55. The van der Waals surface area contributed by atoms with Gasteiger partial charge in [0.05, 0.1) is 19.4 Å². The van der Waals surface area contributed by atoms with E-state index in [2.05, 4.69) is 20.9 Å². The lowest BCUT2D eigenvalue weighted by Crippen LogP contribution is -2.53. The molecule has 7 heteroatoms.